The van der Waals surface area contributed by atoms with E-state index in [1.807, 2.05) is 19.3 Å². The predicted octanol–water partition coefficient (Wildman–Crippen LogP) is 3.26. The fourth-order valence-corrected chi connectivity index (χ4v) is 1.88. The second kappa shape index (κ2) is 7.38. The van der Waals surface area contributed by atoms with E-state index in [-0.39, 0.29) is 0 Å². The molecule has 3 heteroatoms. The maximum atomic E-state index is 4.42. The second-order valence-electron chi connectivity index (χ2n) is 5.05. The first-order valence-corrected chi connectivity index (χ1v) is 6.65. The molecule has 0 aliphatic carbocycles. The van der Waals surface area contributed by atoms with E-state index in [2.05, 4.69) is 36.1 Å². The second-order valence-corrected chi connectivity index (χ2v) is 5.05. The number of rotatable bonds is 7. The third-order valence-electron chi connectivity index (χ3n) is 2.84. The maximum absolute atomic E-state index is 4.42. The van der Waals surface area contributed by atoms with Gasteiger partial charge in [-0.15, -0.1) is 0 Å². The van der Waals surface area contributed by atoms with Gasteiger partial charge in [0.25, 0.3) is 0 Å². The van der Waals surface area contributed by atoms with Crippen molar-refractivity contribution in [2.24, 2.45) is 5.92 Å². The van der Waals surface area contributed by atoms with Crippen LogP contribution in [0.4, 0.5) is 0 Å². The zero-order chi connectivity index (χ0) is 12.7. The summed E-state index contributed by atoms with van der Waals surface area (Å²) in [6.07, 6.45) is 7.42. The van der Waals surface area contributed by atoms with Crippen LogP contribution in [0.5, 0.6) is 0 Å². The highest BCUT2D eigenvalue weighted by Crippen LogP contribution is 2.17. The fraction of sp³-hybridized carbons (Fsp3) is 0.714. The van der Waals surface area contributed by atoms with Gasteiger partial charge < -0.3 is 5.32 Å². The van der Waals surface area contributed by atoms with Crippen LogP contribution in [0, 0.1) is 12.8 Å². The standard InChI is InChI=1S/C14H25N3/c1-5-15-13(8-6-7-11(2)3)14-16-9-12(4)10-17-14/h9-11,13,15H,5-8H2,1-4H3. The Balaban J connectivity index is 2.55. The lowest BCUT2D eigenvalue weighted by Crippen LogP contribution is -2.23. The van der Waals surface area contributed by atoms with E-state index < -0.39 is 0 Å². The summed E-state index contributed by atoms with van der Waals surface area (Å²) in [4.78, 5) is 8.84. The van der Waals surface area contributed by atoms with Gasteiger partial charge in [-0.05, 0) is 31.4 Å². The lowest BCUT2D eigenvalue weighted by molar-refractivity contribution is 0.440. The molecule has 1 aromatic rings. The smallest absolute Gasteiger partial charge is 0.145 e. The zero-order valence-corrected chi connectivity index (χ0v) is 11.5. The Bertz CT molecular complexity index is 306. The molecule has 1 heterocycles. The minimum atomic E-state index is 0.305. The van der Waals surface area contributed by atoms with Crippen LogP contribution in [0.15, 0.2) is 12.4 Å². The van der Waals surface area contributed by atoms with Gasteiger partial charge in [0.1, 0.15) is 5.82 Å². The SMILES string of the molecule is CCNC(CCCC(C)C)c1ncc(C)cn1. The van der Waals surface area contributed by atoms with E-state index in [0.29, 0.717) is 6.04 Å². The van der Waals surface area contributed by atoms with Gasteiger partial charge in [0.2, 0.25) is 0 Å². The van der Waals surface area contributed by atoms with Crippen molar-refractivity contribution in [3.63, 3.8) is 0 Å². The summed E-state index contributed by atoms with van der Waals surface area (Å²) in [7, 11) is 0. The van der Waals surface area contributed by atoms with Gasteiger partial charge in [0.15, 0.2) is 0 Å². The first-order chi connectivity index (χ1) is 8.13. The van der Waals surface area contributed by atoms with Crippen LogP contribution < -0.4 is 5.32 Å². The summed E-state index contributed by atoms with van der Waals surface area (Å²) in [6.45, 7) is 9.65. The molecule has 1 aromatic heterocycles. The molecule has 0 amide bonds. The first-order valence-electron chi connectivity index (χ1n) is 6.65. The van der Waals surface area contributed by atoms with E-state index in [1.54, 1.807) is 0 Å². The van der Waals surface area contributed by atoms with Crippen molar-refractivity contribution < 1.29 is 0 Å². The highest BCUT2D eigenvalue weighted by molar-refractivity contribution is 5.04. The molecule has 0 radical (unpaired) electrons. The van der Waals surface area contributed by atoms with E-state index in [4.69, 9.17) is 0 Å². The molecule has 3 nitrogen and oxygen atoms in total. The van der Waals surface area contributed by atoms with E-state index in [1.165, 1.54) is 12.8 Å². The molecule has 1 atom stereocenters. The molecular weight excluding hydrogens is 210 g/mol. The van der Waals surface area contributed by atoms with Crippen LogP contribution in [-0.4, -0.2) is 16.5 Å². The summed E-state index contributed by atoms with van der Waals surface area (Å²) in [5.74, 6) is 1.71. The molecule has 0 saturated carbocycles. The Morgan fingerprint density at radius 2 is 1.82 bits per heavy atom. The average Bonchev–Trinajstić information content (AvgIpc) is 2.29. The van der Waals surface area contributed by atoms with Crippen LogP contribution in [0.3, 0.4) is 0 Å². The first kappa shape index (κ1) is 14.1. The molecule has 0 fully saturated rings. The molecule has 0 aliphatic rings. The number of aromatic nitrogens is 2. The monoisotopic (exact) mass is 235 g/mol. The molecule has 17 heavy (non-hydrogen) atoms. The van der Waals surface area contributed by atoms with Crippen molar-refractivity contribution in [2.75, 3.05) is 6.54 Å². The highest BCUT2D eigenvalue weighted by Gasteiger charge is 2.12. The average molecular weight is 235 g/mol. The maximum Gasteiger partial charge on any atom is 0.145 e. The van der Waals surface area contributed by atoms with Crippen LogP contribution in [0.25, 0.3) is 0 Å². The highest BCUT2D eigenvalue weighted by atomic mass is 15.0. The number of hydrogen-bond acceptors (Lipinski definition) is 3. The summed E-state index contributed by atoms with van der Waals surface area (Å²) in [5, 5.41) is 3.47. The minimum absolute atomic E-state index is 0.305. The van der Waals surface area contributed by atoms with Gasteiger partial charge in [0, 0.05) is 12.4 Å². The van der Waals surface area contributed by atoms with Crippen molar-refractivity contribution in [1.82, 2.24) is 15.3 Å². The topological polar surface area (TPSA) is 37.8 Å². The predicted molar refractivity (Wildman–Crippen MR) is 71.9 cm³/mol. The zero-order valence-electron chi connectivity index (χ0n) is 11.5. The van der Waals surface area contributed by atoms with Crippen molar-refractivity contribution >= 4 is 0 Å². The summed E-state index contributed by atoms with van der Waals surface area (Å²) >= 11 is 0. The molecule has 1 unspecified atom stereocenters. The fourth-order valence-electron chi connectivity index (χ4n) is 1.88. The van der Waals surface area contributed by atoms with Gasteiger partial charge >= 0.3 is 0 Å². The number of hydrogen-bond donors (Lipinski definition) is 1. The Morgan fingerprint density at radius 1 is 1.18 bits per heavy atom. The summed E-state index contributed by atoms with van der Waals surface area (Å²) < 4.78 is 0. The quantitative estimate of drug-likeness (QED) is 0.788. The lowest BCUT2D eigenvalue weighted by atomic mass is 10.0. The molecule has 0 bridgehead atoms. The molecule has 1 N–H and O–H groups in total. The number of aryl methyl sites for hydroxylation is 1. The molecule has 1 rings (SSSR count). The van der Waals surface area contributed by atoms with Crippen molar-refractivity contribution in [3.8, 4) is 0 Å². The third kappa shape index (κ3) is 5.26. The normalized spacial score (nSPS) is 13.0. The van der Waals surface area contributed by atoms with Gasteiger partial charge in [-0.3, -0.25) is 0 Å². The Kier molecular flexibility index (Phi) is 6.12. The molecule has 0 aromatic carbocycles. The van der Waals surface area contributed by atoms with Gasteiger partial charge in [-0.1, -0.05) is 33.6 Å². The van der Waals surface area contributed by atoms with Crippen LogP contribution >= 0.6 is 0 Å². The Labute approximate surface area is 105 Å². The molecule has 0 saturated heterocycles. The summed E-state index contributed by atoms with van der Waals surface area (Å²) in [6, 6.07) is 0.305. The molecule has 96 valence electrons. The Hall–Kier alpha value is -0.960. The minimum Gasteiger partial charge on any atom is -0.308 e. The van der Waals surface area contributed by atoms with E-state index >= 15 is 0 Å². The Morgan fingerprint density at radius 3 is 2.35 bits per heavy atom. The van der Waals surface area contributed by atoms with Gasteiger partial charge in [-0.25, -0.2) is 9.97 Å². The van der Waals surface area contributed by atoms with E-state index in [9.17, 15) is 0 Å². The molecule has 0 aliphatic heterocycles. The molecule has 0 spiro atoms. The van der Waals surface area contributed by atoms with Crippen LogP contribution in [-0.2, 0) is 0 Å². The van der Waals surface area contributed by atoms with Gasteiger partial charge in [-0.2, -0.15) is 0 Å². The van der Waals surface area contributed by atoms with Crippen LogP contribution in [0.1, 0.15) is 57.5 Å². The number of nitrogens with one attached hydrogen (secondary N) is 1. The lowest BCUT2D eigenvalue weighted by Gasteiger charge is -2.16. The van der Waals surface area contributed by atoms with Gasteiger partial charge in [0.05, 0.1) is 6.04 Å². The summed E-state index contributed by atoms with van der Waals surface area (Å²) in [5.41, 5.74) is 1.12. The van der Waals surface area contributed by atoms with E-state index in [0.717, 1.165) is 30.3 Å². The third-order valence-corrected chi connectivity index (χ3v) is 2.84. The van der Waals surface area contributed by atoms with Crippen LogP contribution in [0.2, 0.25) is 0 Å². The largest absolute Gasteiger partial charge is 0.308 e. The van der Waals surface area contributed by atoms with Crippen molar-refractivity contribution in [3.05, 3.63) is 23.8 Å². The number of nitrogens with zero attached hydrogens (tertiary/aromatic N) is 2. The van der Waals surface area contributed by atoms with Crippen molar-refractivity contribution in [2.45, 2.75) is 53.0 Å². The molecular formula is C14H25N3. The van der Waals surface area contributed by atoms with Crippen molar-refractivity contribution in [1.29, 1.82) is 0 Å².